The van der Waals surface area contributed by atoms with Gasteiger partial charge >= 0.3 is 0 Å². The summed E-state index contributed by atoms with van der Waals surface area (Å²) in [6.45, 7) is 0. The second-order valence-corrected chi connectivity index (χ2v) is 25.2. The minimum atomic E-state index is -0.0183. The van der Waals surface area contributed by atoms with Crippen molar-refractivity contribution in [3.63, 3.8) is 0 Å². The molecule has 0 spiro atoms. The third kappa shape index (κ3) is 8.37. The largest absolute Gasteiger partial charge is 0.456 e. The van der Waals surface area contributed by atoms with Crippen molar-refractivity contribution in [2.24, 2.45) is 0 Å². The van der Waals surface area contributed by atoms with Crippen LogP contribution in [0.15, 0.2) is 332 Å². The highest BCUT2D eigenvalue weighted by molar-refractivity contribution is 6.14. The first-order valence-corrected chi connectivity index (χ1v) is 32.5. The number of nitrogens with zero attached hydrogens (tertiary/aromatic N) is 5. The highest BCUT2D eigenvalue weighted by atomic mass is 16.3. The fraction of sp³-hybridized carbons (Fsp3) is 0.0112. The molecule has 1 unspecified atom stereocenters. The van der Waals surface area contributed by atoms with Crippen molar-refractivity contribution in [2.45, 2.75) is 5.92 Å². The van der Waals surface area contributed by atoms with Gasteiger partial charge in [0.05, 0.1) is 44.5 Å². The van der Waals surface area contributed by atoms with E-state index in [1.165, 1.54) is 93.3 Å². The van der Waals surface area contributed by atoms with Gasteiger partial charge in [0.1, 0.15) is 11.2 Å². The zero-order chi connectivity index (χ0) is 62.2. The molecular formula is C89H55N5O. The summed E-state index contributed by atoms with van der Waals surface area (Å²) in [6, 6.07) is 119. The van der Waals surface area contributed by atoms with Gasteiger partial charge in [0.25, 0.3) is 0 Å². The van der Waals surface area contributed by atoms with Gasteiger partial charge in [-0.1, -0.05) is 200 Å². The summed E-state index contributed by atoms with van der Waals surface area (Å²) in [5, 5.41) is 9.40. The van der Waals surface area contributed by atoms with Gasteiger partial charge in [0, 0.05) is 82.8 Å². The normalized spacial score (nSPS) is 12.9. The SMILES string of the molecule is c1ccc(-n2c3ccccc3c3cc(-c4ccc5c(c4)C(c4cccc(-c6cc(-c7cccc(-n8c9ccccc9c9ccc(-c%10ccc%11c(c%10)c%10ccccc%10n%11-c%10ccccc%10)cc98)c7)nc(-c7ccc8oc9ccccc9c8c7)n6)c4)c4ccccc4-5)ccc32)cc1. The average Bonchev–Trinajstić information content (AvgIpc) is 1.61. The predicted molar refractivity (Wildman–Crippen MR) is 392 cm³/mol. The molecule has 1 aliphatic carbocycles. The van der Waals surface area contributed by atoms with Crippen molar-refractivity contribution in [3.05, 3.63) is 344 Å². The Labute approximate surface area is 546 Å². The summed E-state index contributed by atoms with van der Waals surface area (Å²) < 4.78 is 13.6. The molecular weight excluding hydrogens is 1160 g/mol. The molecule has 0 N–H and O–H groups in total. The number of hydrogen-bond acceptors (Lipinski definition) is 3. The molecule has 95 heavy (non-hydrogen) atoms. The van der Waals surface area contributed by atoms with Crippen LogP contribution in [0.2, 0.25) is 0 Å². The number of para-hydroxylation sites is 6. The zero-order valence-corrected chi connectivity index (χ0v) is 51.4. The molecule has 0 saturated heterocycles. The quantitative estimate of drug-likeness (QED) is 0.145. The van der Waals surface area contributed by atoms with Crippen molar-refractivity contribution >= 4 is 87.4 Å². The minimum Gasteiger partial charge on any atom is -0.456 e. The molecule has 19 aromatic rings. The molecule has 14 aromatic carbocycles. The highest BCUT2D eigenvalue weighted by Crippen LogP contribution is 2.50. The summed E-state index contributed by atoms with van der Waals surface area (Å²) in [5.74, 6) is 0.617. The second kappa shape index (κ2) is 21.0. The molecule has 5 heterocycles. The number of fused-ring (bicyclic) bond motifs is 15. The van der Waals surface area contributed by atoms with E-state index >= 15 is 0 Å². The van der Waals surface area contributed by atoms with Crippen LogP contribution in [-0.2, 0) is 0 Å². The Hall–Kier alpha value is -12.6. The standard InChI is InChI=1S/C89H55N5O/c1-3-22-63(23-4-1)92-81-34-14-10-29-69(81)74-49-56(39-44-83(74)92)55-37-42-67-66-27-7-8-32-73(66)88(77(67)51-55)61-21-17-19-59(47-61)78-54-79(91-89(90-78)62-41-46-87-76(52-62)72-31-12-16-36-86(72)95-87)60-20-18-26-65(48-60)94-80-33-13-9-28-68(80)71-43-38-58(53-85(71)94)57-40-45-84-75(50-57)70-30-11-15-35-82(70)93(84)64-24-5-2-6-25-64/h1-54,88H. The molecule has 1 atom stereocenters. The van der Waals surface area contributed by atoms with Crippen LogP contribution >= 0.6 is 0 Å². The Balaban J connectivity index is 0.718. The molecule has 20 rings (SSSR count). The second-order valence-electron chi connectivity index (χ2n) is 25.2. The highest BCUT2D eigenvalue weighted by Gasteiger charge is 2.31. The van der Waals surface area contributed by atoms with E-state index in [4.69, 9.17) is 14.4 Å². The number of aromatic nitrogens is 5. The van der Waals surface area contributed by atoms with Gasteiger partial charge in [-0.3, -0.25) is 0 Å². The molecule has 0 radical (unpaired) electrons. The topological polar surface area (TPSA) is 53.7 Å². The third-order valence-electron chi connectivity index (χ3n) is 19.9. The number of hydrogen-bond donors (Lipinski definition) is 0. The maximum atomic E-state index is 6.37. The van der Waals surface area contributed by atoms with Crippen molar-refractivity contribution < 1.29 is 4.42 Å². The molecule has 0 saturated carbocycles. The number of benzene rings is 14. The summed E-state index contributed by atoms with van der Waals surface area (Å²) in [5.41, 5.74) is 27.6. The van der Waals surface area contributed by atoms with Crippen LogP contribution in [-0.4, -0.2) is 23.7 Å². The first-order chi connectivity index (χ1) is 47.1. The van der Waals surface area contributed by atoms with Gasteiger partial charge in [-0.15, -0.1) is 0 Å². The lowest BCUT2D eigenvalue weighted by Crippen LogP contribution is -2.01. The van der Waals surface area contributed by atoms with Crippen LogP contribution in [0.5, 0.6) is 0 Å². The molecule has 1 aliphatic rings. The van der Waals surface area contributed by atoms with Crippen LogP contribution in [0.3, 0.4) is 0 Å². The smallest absolute Gasteiger partial charge is 0.160 e. The van der Waals surface area contributed by atoms with E-state index in [-0.39, 0.29) is 5.92 Å². The van der Waals surface area contributed by atoms with E-state index in [1.807, 2.05) is 12.1 Å². The first kappa shape index (κ1) is 53.1. The van der Waals surface area contributed by atoms with E-state index in [9.17, 15) is 0 Å². The lowest BCUT2D eigenvalue weighted by molar-refractivity contribution is 0.669. The van der Waals surface area contributed by atoms with E-state index in [2.05, 4.69) is 329 Å². The zero-order valence-electron chi connectivity index (χ0n) is 51.4. The molecule has 0 amide bonds. The summed E-state index contributed by atoms with van der Waals surface area (Å²) >= 11 is 0. The maximum absolute atomic E-state index is 6.37. The van der Waals surface area contributed by atoms with E-state index < -0.39 is 0 Å². The molecule has 6 nitrogen and oxygen atoms in total. The van der Waals surface area contributed by atoms with E-state index in [0.29, 0.717) is 5.82 Å². The van der Waals surface area contributed by atoms with Crippen molar-refractivity contribution in [3.8, 4) is 84.3 Å². The third-order valence-corrected chi connectivity index (χ3v) is 19.9. The maximum Gasteiger partial charge on any atom is 0.160 e. The van der Waals surface area contributed by atoms with E-state index in [1.54, 1.807) is 0 Å². The number of furan rings is 1. The number of rotatable bonds is 9. The Morgan fingerprint density at radius 2 is 0.705 bits per heavy atom. The van der Waals surface area contributed by atoms with Gasteiger partial charge in [-0.05, 0) is 177 Å². The van der Waals surface area contributed by atoms with Crippen molar-refractivity contribution in [1.82, 2.24) is 23.7 Å². The monoisotopic (exact) mass is 1210 g/mol. The fourth-order valence-electron chi connectivity index (χ4n) is 15.6. The molecule has 442 valence electrons. The van der Waals surface area contributed by atoms with Crippen molar-refractivity contribution in [2.75, 3.05) is 0 Å². The first-order valence-electron chi connectivity index (χ1n) is 32.5. The Bertz CT molecular complexity index is 6360. The summed E-state index contributed by atoms with van der Waals surface area (Å²) in [7, 11) is 0. The lowest BCUT2D eigenvalue weighted by Gasteiger charge is -2.17. The van der Waals surface area contributed by atoms with Gasteiger partial charge in [0.2, 0.25) is 0 Å². The van der Waals surface area contributed by atoms with Crippen LogP contribution in [0.1, 0.15) is 22.6 Å². The Kier molecular flexibility index (Phi) is 11.7. The predicted octanol–water partition coefficient (Wildman–Crippen LogP) is 23.2. The van der Waals surface area contributed by atoms with Gasteiger partial charge in [0.15, 0.2) is 5.82 Å². The van der Waals surface area contributed by atoms with Crippen LogP contribution in [0.4, 0.5) is 0 Å². The fourth-order valence-corrected chi connectivity index (χ4v) is 15.6. The molecule has 6 heteroatoms. The molecule has 0 fully saturated rings. The minimum absolute atomic E-state index is 0.0183. The van der Waals surface area contributed by atoms with Crippen LogP contribution < -0.4 is 0 Å². The van der Waals surface area contributed by atoms with Gasteiger partial charge in [-0.25, -0.2) is 9.97 Å². The lowest BCUT2D eigenvalue weighted by atomic mass is 9.87. The van der Waals surface area contributed by atoms with Crippen molar-refractivity contribution in [1.29, 1.82) is 0 Å². The Morgan fingerprint density at radius 1 is 0.242 bits per heavy atom. The van der Waals surface area contributed by atoms with Crippen LogP contribution in [0.25, 0.3) is 172 Å². The summed E-state index contributed by atoms with van der Waals surface area (Å²) in [4.78, 5) is 11.1. The van der Waals surface area contributed by atoms with Crippen LogP contribution in [0, 0.1) is 0 Å². The molecule has 0 bridgehead atoms. The average molecular weight is 1210 g/mol. The van der Waals surface area contributed by atoms with Gasteiger partial charge in [-0.2, -0.15) is 0 Å². The van der Waals surface area contributed by atoms with Gasteiger partial charge < -0.3 is 18.1 Å². The molecule has 5 aromatic heterocycles. The summed E-state index contributed by atoms with van der Waals surface area (Å²) in [6.07, 6.45) is 0. The van der Waals surface area contributed by atoms with E-state index in [0.717, 1.165) is 89.2 Å². The molecule has 0 aliphatic heterocycles. The Morgan fingerprint density at radius 3 is 1.39 bits per heavy atom.